The Morgan fingerprint density at radius 2 is 2.05 bits per heavy atom. The lowest BCUT2D eigenvalue weighted by molar-refractivity contribution is 0.588. The van der Waals surface area contributed by atoms with Crippen molar-refractivity contribution < 1.29 is 0 Å². The Labute approximate surface area is 131 Å². The third-order valence-corrected chi connectivity index (χ3v) is 4.60. The maximum absolute atomic E-state index is 6.39. The first kappa shape index (κ1) is 14.4. The van der Waals surface area contributed by atoms with Gasteiger partial charge >= 0.3 is 0 Å². The van der Waals surface area contributed by atoms with Gasteiger partial charge < -0.3 is 10.6 Å². The molecule has 0 bridgehead atoms. The number of nitrogens with zero attached hydrogens (tertiary/aromatic N) is 1. The maximum Gasteiger partial charge on any atom is 0.0679 e. The van der Waals surface area contributed by atoms with Gasteiger partial charge in [-0.3, -0.25) is 0 Å². The molecule has 2 aromatic carbocycles. The van der Waals surface area contributed by atoms with Gasteiger partial charge in [0.15, 0.2) is 0 Å². The summed E-state index contributed by atoms with van der Waals surface area (Å²) >= 11 is 6.39. The van der Waals surface area contributed by atoms with Crippen LogP contribution in [0.25, 0.3) is 0 Å². The zero-order chi connectivity index (χ0) is 14.8. The summed E-state index contributed by atoms with van der Waals surface area (Å²) in [5.41, 5.74) is 11.3. The van der Waals surface area contributed by atoms with E-state index in [0.717, 1.165) is 30.0 Å². The van der Waals surface area contributed by atoms with Crippen molar-refractivity contribution in [3.63, 3.8) is 0 Å². The Kier molecular flexibility index (Phi) is 4.18. The third kappa shape index (κ3) is 2.78. The van der Waals surface area contributed by atoms with E-state index < -0.39 is 0 Å². The van der Waals surface area contributed by atoms with Gasteiger partial charge in [-0.1, -0.05) is 47.5 Å². The van der Waals surface area contributed by atoms with Crippen LogP contribution in [0.4, 0.5) is 5.69 Å². The minimum atomic E-state index is 0.139. The zero-order valence-electron chi connectivity index (χ0n) is 12.3. The summed E-state index contributed by atoms with van der Waals surface area (Å²) in [6.07, 6.45) is 2.31. The number of halogens is 1. The Balaban J connectivity index is 2.02. The molecule has 1 aliphatic rings. The number of aryl methyl sites for hydroxylation is 2. The fraction of sp³-hybridized carbons (Fsp3) is 0.333. The van der Waals surface area contributed by atoms with Gasteiger partial charge in [0.2, 0.25) is 0 Å². The molecule has 1 unspecified atom stereocenters. The highest BCUT2D eigenvalue weighted by Gasteiger charge is 2.25. The molecule has 0 aliphatic carbocycles. The number of hydrogen-bond acceptors (Lipinski definition) is 2. The van der Waals surface area contributed by atoms with Crippen LogP contribution in [0.2, 0.25) is 5.02 Å². The molecule has 0 amide bonds. The average Bonchev–Trinajstić information content (AvgIpc) is 2.49. The van der Waals surface area contributed by atoms with Crippen molar-refractivity contribution in [2.24, 2.45) is 5.73 Å². The summed E-state index contributed by atoms with van der Waals surface area (Å²) in [4.78, 5) is 2.42. The summed E-state index contributed by atoms with van der Waals surface area (Å²) in [6.45, 7) is 3.74. The second-order valence-electron chi connectivity index (χ2n) is 5.70. The van der Waals surface area contributed by atoms with Crippen LogP contribution in [0.15, 0.2) is 42.5 Å². The Morgan fingerprint density at radius 1 is 1.24 bits per heavy atom. The summed E-state index contributed by atoms with van der Waals surface area (Å²) in [7, 11) is 0. The summed E-state index contributed by atoms with van der Waals surface area (Å²) in [5.74, 6) is 0. The first-order valence-electron chi connectivity index (χ1n) is 7.51. The molecular formula is C18H21ClN2. The topological polar surface area (TPSA) is 29.3 Å². The highest BCUT2D eigenvalue weighted by Crippen LogP contribution is 2.36. The van der Waals surface area contributed by atoms with Crippen LogP contribution in [-0.4, -0.2) is 13.1 Å². The van der Waals surface area contributed by atoms with Crippen molar-refractivity contribution in [1.82, 2.24) is 0 Å². The van der Waals surface area contributed by atoms with E-state index in [4.69, 9.17) is 17.3 Å². The van der Waals surface area contributed by atoms with E-state index in [-0.39, 0.29) is 6.04 Å². The molecule has 0 aromatic heterocycles. The Morgan fingerprint density at radius 3 is 2.81 bits per heavy atom. The van der Waals surface area contributed by atoms with Crippen LogP contribution in [-0.2, 0) is 6.42 Å². The van der Waals surface area contributed by atoms with Gasteiger partial charge in [0.05, 0.1) is 6.04 Å². The fourth-order valence-corrected chi connectivity index (χ4v) is 3.51. The molecule has 21 heavy (non-hydrogen) atoms. The molecule has 2 aromatic rings. The van der Waals surface area contributed by atoms with Gasteiger partial charge in [0, 0.05) is 23.8 Å². The van der Waals surface area contributed by atoms with Gasteiger partial charge in [-0.2, -0.15) is 0 Å². The van der Waals surface area contributed by atoms with Crippen molar-refractivity contribution in [3.8, 4) is 0 Å². The van der Waals surface area contributed by atoms with Crippen LogP contribution >= 0.6 is 11.6 Å². The van der Waals surface area contributed by atoms with E-state index in [9.17, 15) is 0 Å². The molecule has 2 nitrogen and oxygen atoms in total. The first-order chi connectivity index (χ1) is 10.2. The number of benzene rings is 2. The Bertz CT molecular complexity index is 639. The van der Waals surface area contributed by atoms with E-state index in [2.05, 4.69) is 36.1 Å². The van der Waals surface area contributed by atoms with Crippen LogP contribution in [0.3, 0.4) is 0 Å². The first-order valence-corrected chi connectivity index (χ1v) is 7.89. The summed E-state index contributed by atoms with van der Waals surface area (Å²) in [6, 6.07) is 14.9. The standard InChI is InChI=1S/C18H21ClN2/c1-13-8-9-17-14(11-13)5-4-10-21(17)18(12-20)15-6-2-3-7-16(15)19/h2-3,6-9,11,18H,4-5,10,12,20H2,1H3. The van der Waals surface area contributed by atoms with Gasteiger partial charge in [-0.25, -0.2) is 0 Å². The molecule has 1 heterocycles. The molecule has 3 heteroatoms. The molecule has 110 valence electrons. The summed E-state index contributed by atoms with van der Waals surface area (Å²) < 4.78 is 0. The van der Waals surface area contributed by atoms with Crippen molar-refractivity contribution in [2.75, 3.05) is 18.0 Å². The van der Waals surface area contributed by atoms with Crippen molar-refractivity contribution in [3.05, 3.63) is 64.2 Å². The molecule has 3 rings (SSSR count). The number of nitrogens with two attached hydrogens (primary N) is 1. The molecule has 1 aliphatic heterocycles. The van der Waals surface area contributed by atoms with Gasteiger partial charge in [-0.05, 0) is 43.0 Å². The molecule has 1 atom stereocenters. The molecule has 0 spiro atoms. The predicted octanol–water partition coefficient (Wildman–Crippen LogP) is 4.10. The smallest absolute Gasteiger partial charge is 0.0679 e. The molecule has 0 saturated heterocycles. The minimum Gasteiger partial charge on any atom is -0.363 e. The highest BCUT2D eigenvalue weighted by atomic mass is 35.5. The summed E-state index contributed by atoms with van der Waals surface area (Å²) in [5, 5.41) is 0.798. The lowest BCUT2D eigenvalue weighted by Gasteiger charge is -2.38. The van der Waals surface area contributed by atoms with Crippen LogP contribution in [0.1, 0.15) is 29.2 Å². The monoisotopic (exact) mass is 300 g/mol. The average molecular weight is 301 g/mol. The van der Waals surface area contributed by atoms with E-state index in [1.807, 2.05) is 18.2 Å². The molecule has 0 radical (unpaired) electrons. The largest absolute Gasteiger partial charge is 0.363 e. The van der Waals surface area contributed by atoms with Crippen LogP contribution < -0.4 is 10.6 Å². The van der Waals surface area contributed by atoms with Gasteiger partial charge in [-0.15, -0.1) is 0 Å². The second-order valence-corrected chi connectivity index (χ2v) is 6.11. The maximum atomic E-state index is 6.39. The quantitative estimate of drug-likeness (QED) is 0.924. The van der Waals surface area contributed by atoms with E-state index in [0.29, 0.717) is 6.54 Å². The lowest BCUT2D eigenvalue weighted by atomic mass is 9.95. The number of anilines is 1. The van der Waals surface area contributed by atoms with Crippen molar-refractivity contribution in [2.45, 2.75) is 25.8 Å². The van der Waals surface area contributed by atoms with E-state index in [1.54, 1.807) is 0 Å². The van der Waals surface area contributed by atoms with Crippen LogP contribution in [0.5, 0.6) is 0 Å². The molecule has 0 saturated carbocycles. The van der Waals surface area contributed by atoms with E-state index >= 15 is 0 Å². The number of hydrogen-bond donors (Lipinski definition) is 1. The van der Waals surface area contributed by atoms with Gasteiger partial charge in [0.1, 0.15) is 0 Å². The van der Waals surface area contributed by atoms with Crippen molar-refractivity contribution in [1.29, 1.82) is 0 Å². The van der Waals surface area contributed by atoms with E-state index in [1.165, 1.54) is 16.8 Å². The lowest BCUT2D eigenvalue weighted by Crippen LogP contribution is -2.37. The Hall–Kier alpha value is -1.51. The van der Waals surface area contributed by atoms with Crippen molar-refractivity contribution >= 4 is 17.3 Å². The highest BCUT2D eigenvalue weighted by molar-refractivity contribution is 6.31. The normalized spacial score (nSPS) is 15.7. The molecule has 0 fully saturated rings. The number of rotatable bonds is 3. The third-order valence-electron chi connectivity index (χ3n) is 4.25. The second kappa shape index (κ2) is 6.08. The predicted molar refractivity (Wildman–Crippen MR) is 90.1 cm³/mol. The molecular weight excluding hydrogens is 280 g/mol. The SMILES string of the molecule is Cc1ccc2c(c1)CCCN2C(CN)c1ccccc1Cl. The van der Waals surface area contributed by atoms with Crippen LogP contribution in [0, 0.1) is 6.92 Å². The zero-order valence-corrected chi connectivity index (χ0v) is 13.1. The fourth-order valence-electron chi connectivity index (χ4n) is 3.25. The minimum absolute atomic E-state index is 0.139. The molecule has 2 N–H and O–H groups in total. The number of fused-ring (bicyclic) bond motifs is 1. The van der Waals surface area contributed by atoms with Gasteiger partial charge in [0.25, 0.3) is 0 Å².